The first-order chi connectivity index (χ1) is 12.1. The number of hydrogen-bond donors (Lipinski definition) is 0. The lowest BCUT2D eigenvalue weighted by molar-refractivity contribution is -0.149. The van der Waals surface area contributed by atoms with Crippen molar-refractivity contribution < 1.29 is 18.7 Å². The fourth-order valence-corrected chi connectivity index (χ4v) is 2.71. The Morgan fingerprint density at radius 2 is 2.12 bits per heavy atom. The van der Waals surface area contributed by atoms with Crippen LogP contribution in [0.1, 0.15) is 18.2 Å². The maximum atomic E-state index is 12.6. The fourth-order valence-electron chi connectivity index (χ4n) is 2.71. The highest BCUT2D eigenvalue weighted by Gasteiger charge is 2.30. The summed E-state index contributed by atoms with van der Waals surface area (Å²) in [5.41, 5.74) is 1.70. The highest BCUT2D eigenvalue weighted by molar-refractivity contribution is 6.02. The van der Waals surface area contributed by atoms with E-state index in [1.807, 2.05) is 24.3 Å². The number of para-hydroxylation sites is 1. The van der Waals surface area contributed by atoms with Gasteiger partial charge < -0.3 is 14.1 Å². The molecule has 126 valence electrons. The van der Waals surface area contributed by atoms with Gasteiger partial charge in [-0.25, -0.2) is 4.79 Å². The predicted molar refractivity (Wildman–Crippen MR) is 90.4 cm³/mol. The Morgan fingerprint density at radius 1 is 1.32 bits per heavy atom. The first kappa shape index (κ1) is 16.5. The van der Waals surface area contributed by atoms with Gasteiger partial charge >= 0.3 is 5.97 Å². The second-order valence-electron chi connectivity index (χ2n) is 5.60. The number of ether oxygens (including phenoxy) is 1. The van der Waals surface area contributed by atoms with E-state index in [0.717, 1.165) is 17.7 Å². The van der Waals surface area contributed by atoms with Gasteiger partial charge in [-0.2, -0.15) is 5.26 Å². The summed E-state index contributed by atoms with van der Waals surface area (Å²) in [5.74, 6) is -0.804. The number of fused-ring (bicyclic) bond motifs is 1. The molecule has 1 aliphatic rings. The van der Waals surface area contributed by atoms with E-state index < -0.39 is 12.1 Å². The minimum Gasteiger partial charge on any atom is -0.465 e. The van der Waals surface area contributed by atoms with Gasteiger partial charge in [0.05, 0.1) is 6.26 Å². The summed E-state index contributed by atoms with van der Waals surface area (Å²) >= 11 is 0. The number of nitrogens with zero attached hydrogens (tertiary/aromatic N) is 2. The number of esters is 1. The van der Waals surface area contributed by atoms with E-state index in [1.54, 1.807) is 23.1 Å². The van der Waals surface area contributed by atoms with Gasteiger partial charge in [-0.3, -0.25) is 4.79 Å². The molecule has 0 aliphatic carbocycles. The van der Waals surface area contributed by atoms with Crippen molar-refractivity contribution in [3.8, 4) is 6.07 Å². The number of carbonyl (C=O) groups is 2. The Morgan fingerprint density at radius 3 is 2.84 bits per heavy atom. The number of rotatable bonds is 4. The number of hydrogen-bond acceptors (Lipinski definition) is 5. The molecular weight excluding hydrogens is 320 g/mol. The number of anilines is 1. The molecule has 1 amide bonds. The maximum absolute atomic E-state index is 12.6. The van der Waals surface area contributed by atoms with Crippen LogP contribution in [0.2, 0.25) is 0 Å². The smallest absolute Gasteiger partial charge is 0.349 e. The minimum absolute atomic E-state index is 0.226. The summed E-state index contributed by atoms with van der Waals surface area (Å²) in [6.45, 7) is 2.05. The van der Waals surface area contributed by atoms with Crippen molar-refractivity contribution in [2.75, 3.05) is 11.4 Å². The van der Waals surface area contributed by atoms with Crippen LogP contribution in [-0.4, -0.2) is 24.5 Å². The molecule has 1 aliphatic heterocycles. The largest absolute Gasteiger partial charge is 0.465 e. The zero-order chi connectivity index (χ0) is 17.8. The third-order valence-electron chi connectivity index (χ3n) is 3.95. The number of benzene rings is 1. The summed E-state index contributed by atoms with van der Waals surface area (Å²) in [7, 11) is 0. The van der Waals surface area contributed by atoms with Gasteiger partial charge in [0.15, 0.2) is 6.10 Å². The van der Waals surface area contributed by atoms with E-state index in [1.165, 1.54) is 19.3 Å². The number of amides is 1. The summed E-state index contributed by atoms with van der Waals surface area (Å²) in [4.78, 5) is 26.4. The molecular formula is C19H16N2O4. The number of nitriles is 1. The van der Waals surface area contributed by atoms with Crippen molar-refractivity contribution in [1.82, 2.24) is 0 Å². The van der Waals surface area contributed by atoms with Crippen LogP contribution in [0.5, 0.6) is 0 Å². The minimum atomic E-state index is -0.994. The van der Waals surface area contributed by atoms with Crippen LogP contribution < -0.4 is 4.90 Å². The van der Waals surface area contributed by atoms with Gasteiger partial charge in [0.25, 0.3) is 5.91 Å². The van der Waals surface area contributed by atoms with Gasteiger partial charge in [0.1, 0.15) is 17.4 Å². The van der Waals surface area contributed by atoms with E-state index in [2.05, 4.69) is 0 Å². The molecule has 6 nitrogen and oxygen atoms in total. The van der Waals surface area contributed by atoms with Crippen LogP contribution in [0.15, 0.2) is 52.7 Å². The van der Waals surface area contributed by atoms with Crippen molar-refractivity contribution in [1.29, 1.82) is 5.26 Å². The molecule has 6 heteroatoms. The summed E-state index contributed by atoms with van der Waals surface area (Å²) < 4.78 is 10.3. The average Bonchev–Trinajstić information content (AvgIpc) is 3.28. The molecule has 0 fully saturated rings. The third-order valence-corrected chi connectivity index (χ3v) is 3.95. The summed E-state index contributed by atoms with van der Waals surface area (Å²) in [6.07, 6.45) is 2.49. The van der Waals surface area contributed by atoms with Gasteiger partial charge in [0, 0.05) is 18.3 Å². The second-order valence-corrected chi connectivity index (χ2v) is 5.60. The lowest BCUT2D eigenvalue weighted by Crippen LogP contribution is -2.39. The molecule has 0 radical (unpaired) electrons. The van der Waals surface area contributed by atoms with E-state index in [9.17, 15) is 9.59 Å². The molecule has 25 heavy (non-hydrogen) atoms. The monoisotopic (exact) mass is 336 g/mol. The highest BCUT2D eigenvalue weighted by Crippen LogP contribution is 2.28. The lowest BCUT2D eigenvalue weighted by Gasteiger charge is -2.21. The number of furan rings is 1. The lowest BCUT2D eigenvalue weighted by atomic mass is 10.2. The normalized spacial score (nSPS) is 14.6. The molecule has 0 N–H and O–H groups in total. The summed E-state index contributed by atoms with van der Waals surface area (Å²) in [6, 6.07) is 12.7. The Labute approximate surface area is 144 Å². The van der Waals surface area contributed by atoms with E-state index in [4.69, 9.17) is 14.4 Å². The average molecular weight is 336 g/mol. The molecule has 0 spiro atoms. The first-order valence-electron chi connectivity index (χ1n) is 7.85. The predicted octanol–water partition coefficient (Wildman–Crippen LogP) is 2.71. The quantitative estimate of drug-likeness (QED) is 0.487. The van der Waals surface area contributed by atoms with E-state index >= 15 is 0 Å². The van der Waals surface area contributed by atoms with E-state index in [-0.39, 0.29) is 11.5 Å². The van der Waals surface area contributed by atoms with Crippen molar-refractivity contribution >= 4 is 23.6 Å². The van der Waals surface area contributed by atoms with Crippen LogP contribution >= 0.6 is 0 Å². The first-order valence-corrected chi connectivity index (χ1v) is 7.85. The van der Waals surface area contributed by atoms with E-state index in [0.29, 0.717) is 12.3 Å². The van der Waals surface area contributed by atoms with Crippen LogP contribution in [0.25, 0.3) is 6.08 Å². The molecule has 0 unspecified atom stereocenters. The van der Waals surface area contributed by atoms with Crippen molar-refractivity contribution in [3.05, 3.63) is 59.6 Å². The Bertz CT molecular complexity index is 862. The molecule has 2 heterocycles. The van der Waals surface area contributed by atoms with Crippen LogP contribution in [0.3, 0.4) is 0 Å². The fraction of sp³-hybridized carbons (Fsp3) is 0.211. The van der Waals surface area contributed by atoms with Crippen molar-refractivity contribution in [2.24, 2.45) is 0 Å². The third kappa shape index (κ3) is 3.45. The van der Waals surface area contributed by atoms with Crippen molar-refractivity contribution in [3.63, 3.8) is 0 Å². The topological polar surface area (TPSA) is 83.5 Å². The van der Waals surface area contributed by atoms with Gasteiger partial charge in [-0.15, -0.1) is 0 Å². The summed E-state index contributed by atoms with van der Waals surface area (Å²) in [5, 5.41) is 9.13. The standard InChI is InChI=1S/C19H16N2O4/c1-13(18(22)21-9-8-14-5-2-3-7-17(14)21)25-19(23)15(12-20)11-16-6-4-10-24-16/h2-7,10-11,13H,8-9H2,1H3/b15-11+/t13-/m0/s1. The Kier molecular flexibility index (Phi) is 4.66. The van der Waals surface area contributed by atoms with Crippen LogP contribution in [-0.2, 0) is 20.7 Å². The van der Waals surface area contributed by atoms with Crippen LogP contribution in [0.4, 0.5) is 5.69 Å². The molecule has 0 saturated heterocycles. The van der Waals surface area contributed by atoms with Crippen LogP contribution in [0, 0.1) is 11.3 Å². The highest BCUT2D eigenvalue weighted by atomic mass is 16.5. The zero-order valence-electron chi connectivity index (χ0n) is 13.6. The second kappa shape index (κ2) is 7.05. The molecule has 1 aromatic carbocycles. The van der Waals surface area contributed by atoms with Gasteiger partial charge in [-0.1, -0.05) is 18.2 Å². The Balaban J connectivity index is 1.70. The van der Waals surface area contributed by atoms with Gasteiger partial charge in [0.2, 0.25) is 0 Å². The maximum Gasteiger partial charge on any atom is 0.349 e. The van der Waals surface area contributed by atoms with Gasteiger partial charge in [-0.05, 0) is 37.1 Å². The Hall–Kier alpha value is -3.33. The SMILES string of the molecule is C[C@H](OC(=O)/C(C#N)=C/c1ccco1)C(=O)N1CCc2ccccc21. The molecule has 0 bridgehead atoms. The zero-order valence-corrected chi connectivity index (χ0v) is 13.6. The molecule has 1 atom stereocenters. The molecule has 1 aromatic heterocycles. The number of carbonyl (C=O) groups excluding carboxylic acids is 2. The van der Waals surface area contributed by atoms with Crippen molar-refractivity contribution in [2.45, 2.75) is 19.4 Å². The molecule has 0 saturated carbocycles. The molecule has 3 rings (SSSR count). The molecule has 2 aromatic rings.